The molecule has 0 saturated carbocycles. The Labute approximate surface area is 168 Å². The molecular formula is C22H21N5O2. The Hall–Kier alpha value is -3.87. The summed E-state index contributed by atoms with van der Waals surface area (Å²) in [6, 6.07) is 17.4. The quantitative estimate of drug-likeness (QED) is 0.547. The molecule has 7 nitrogen and oxygen atoms in total. The largest absolute Gasteiger partial charge is 0.484 e. The summed E-state index contributed by atoms with van der Waals surface area (Å²) in [7, 11) is 3.40. The fraction of sp³-hybridized carbons (Fsp3) is 0.136. The number of fused-ring (bicyclic) bond motifs is 1. The predicted molar refractivity (Wildman–Crippen MR) is 112 cm³/mol. The number of nitrogens with one attached hydrogen (secondary N) is 1. The Kier molecular flexibility index (Phi) is 5.11. The van der Waals surface area contributed by atoms with Crippen LogP contribution in [-0.2, 0) is 4.79 Å². The molecule has 0 radical (unpaired) electrons. The van der Waals surface area contributed by atoms with E-state index in [0.29, 0.717) is 11.6 Å². The molecule has 0 atom stereocenters. The van der Waals surface area contributed by atoms with Gasteiger partial charge < -0.3 is 19.4 Å². The molecule has 29 heavy (non-hydrogen) atoms. The average molecular weight is 387 g/mol. The van der Waals surface area contributed by atoms with Crippen molar-refractivity contribution in [2.75, 3.05) is 26.0 Å². The number of benzene rings is 2. The van der Waals surface area contributed by atoms with E-state index < -0.39 is 0 Å². The van der Waals surface area contributed by atoms with Gasteiger partial charge in [0, 0.05) is 50.0 Å². The third-order valence-corrected chi connectivity index (χ3v) is 4.40. The zero-order chi connectivity index (χ0) is 20.2. The van der Waals surface area contributed by atoms with Crippen LogP contribution in [0.1, 0.15) is 0 Å². The van der Waals surface area contributed by atoms with Gasteiger partial charge in [0.15, 0.2) is 18.1 Å². The van der Waals surface area contributed by atoms with Gasteiger partial charge in [0.2, 0.25) is 0 Å². The number of anilines is 2. The topological polar surface area (TPSA) is 71.8 Å². The zero-order valence-corrected chi connectivity index (χ0v) is 16.2. The summed E-state index contributed by atoms with van der Waals surface area (Å²) in [6.07, 6.45) is 5.58. The van der Waals surface area contributed by atoms with Gasteiger partial charge in [-0.2, -0.15) is 0 Å². The van der Waals surface area contributed by atoms with Crippen molar-refractivity contribution in [3.63, 3.8) is 0 Å². The highest BCUT2D eigenvalue weighted by Gasteiger charge is 2.10. The Morgan fingerprint density at radius 2 is 1.97 bits per heavy atom. The maximum atomic E-state index is 11.7. The van der Waals surface area contributed by atoms with E-state index in [1.807, 2.05) is 71.4 Å². The highest BCUT2D eigenvalue weighted by atomic mass is 16.5. The monoisotopic (exact) mass is 387 g/mol. The van der Waals surface area contributed by atoms with Crippen molar-refractivity contribution in [3.05, 3.63) is 73.2 Å². The fourth-order valence-electron chi connectivity index (χ4n) is 2.84. The van der Waals surface area contributed by atoms with Crippen molar-refractivity contribution in [1.29, 1.82) is 0 Å². The second-order valence-electron chi connectivity index (χ2n) is 6.73. The molecule has 4 aromatic rings. The molecule has 2 heterocycles. The molecule has 0 bridgehead atoms. The minimum absolute atomic E-state index is 0.0112. The van der Waals surface area contributed by atoms with Gasteiger partial charge in [0.25, 0.3) is 5.91 Å². The highest BCUT2D eigenvalue weighted by molar-refractivity contribution is 5.77. The molecule has 1 N–H and O–H groups in total. The van der Waals surface area contributed by atoms with Crippen LogP contribution >= 0.6 is 0 Å². The van der Waals surface area contributed by atoms with E-state index in [1.54, 1.807) is 20.3 Å². The molecule has 2 aromatic heterocycles. The number of hydrogen-bond acceptors (Lipinski definition) is 5. The van der Waals surface area contributed by atoms with Crippen molar-refractivity contribution < 1.29 is 9.53 Å². The van der Waals surface area contributed by atoms with Crippen LogP contribution in [0.15, 0.2) is 73.2 Å². The van der Waals surface area contributed by atoms with E-state index in [4.69, 9.17) is 9.72 Å². The lowest BCUT2D eigenvalue weighted by Crippen LogP contribution is -2.27. The van der Waals surface area contributed by atoms with E-state index in [9.17, 15) is 4.79 Å². The van der Waals surface area contributed by atoms with Crippen molar-refractivity contribution in [2.24, 2.45) is 0 Å². The Balaban J connectivity index is 1.62. The van der Waals surface area contributed by atoms with Gasteiger partial charge in [0.1, 0.15) is 5.75 Å². The number of rotatable bonds is 6. The number of carbonyl (C=O) groups excluding carboxylic acids is 1. The molecule has 0 fully saturated rings. The number of ether oxygens (including phenoxy) is 1. The van der Waals surface area contributed by atoms with Gasteiger partial charge in [-0.05, 0) is 12.1 Å². The summed E-state index contributed by atoms with van der Waals surface area (Å²) < 4.78 is 7.54. The summed E-state index contributed by atoms with van der Waals surface area (Å²) in [5.41, 5.74) is 3.37. The van der Waals surface area contributed by atoms with Crippen LogP contribution in [0.3, 0.4) is 0 Å². The smallest absolute Gasteiger partial charge is 0.259 e. The summed E-state index contributed by atoms with van der Waals surface area (Å²) in [4.78, 5) is 22.4. The summed E-state index contributed by atoms with van der Waals surface area (Å²) >= 11 is 0. The first-order valence-electron chi connectivity index (χ1n) is 9.19. The van der Waals surface area contributed by atoms with Crippen LogP contribution in [0.2, 0.25) is 0 Å². The minimum Gasteiger partial charge on any atom is -0.484 e. The second kappa shape index (κ2) is 8.02. The molecule has 0 aliphatic rings. The molecule has 0 unspecified atom stereocenters. The first kappa shape index (κ1) is 18.5. The van der Waals surface area contributed by atoms with Gasteiger partial charge in [-0.25, -0.2) is 9.97 Å². The van der Waals surface area contributed by atoms with Crippen LogP contribution < -0.4 is 10.1 Å². The Morgan fingerprint density at radius 3 is 2.76 bits per heavy atom. The summed E-state index contributed by atoms with van der Waals surface area (Å²) in [5, 5.41) is 3.32. The predicted octanol–water partition coefficient (Wildman–Crippen LogP) is 3.61. The SMILES string of the molecule is CN(C)C(=O)COc1cccc(Nc2nc(-c3ccccc3)cn3ccnc23)c1. The minimum atomic E-state index is -0.0975. The van der Waals surface area contributed by atoms with E-state index in [1.165, 1.54) is 4.90 Å². The van der Waals surface area contributed by atoms with Crippen LogP contribution in [0.5, 0.6) is 5.75 Å². The normalized spacial score (nSPS) is 10.7. The first-order valence-corrected chi connectivity index (χ1v) is 9.19. The van der Waals surface area contributed by atoms with Crippen LogP contribution in [-0.4, -0.2) is 45.9 Å². The van der Waals surface area contributed by atoms with Crippen molar-refractivity contribution >= 4 is 23.1 Å². The highest BCUT2D eigenvalue weighted by Crippen LogP contribution is 2.26. The molecule has 4 rings (SSSR count). The number of nitrogens with zero attached hydrogens (tertiary/aromatic N) is 4. The van der Waals surface area contributed by atoms with Crippen LogP contribution in [0.4, 0.5) is 11.5 Å². The third-order valence-electron chi connectivity index (χ3n) is 4.40. The fourth-order valence-corrected chi connectivity index (χ4v) is 2.84. The lowest BCUT2D eigenvalue weighted by molar-refractivity contribution is -0.130. The van der Waals surface area contributed by atoms with Crippen molar-refractivity contribution in [3.8, 4) is 17.0 Å². The molecule has 1 amide bonds. The second-order valence-corrected chi connectivity index (χ2v) is 6.73. The van der Waals surface area contributed by atoms with Crippen molar-refractivity contribution in [2.45, 2.75) is 0 Å². The number of carbonyl (C=O) groups is 1. The van der Waals surface area contributed by atoms with Crippen LogP contribution in [0.25, 0.3) is 16.9 Å². The Bertz CT molecular complexity index is 1140. The summed E-state index contributed by atoms with van der Waals surface area (Å²) in [5.74, 6) is 1.14. The van der Waals surface area contributed by atoms with Gasteiger partial charge in [0.05, 0.1) is 5.69 Å². The lowest BCUT2D eigenvalue weighted by atomic mass is 10.2. The maximum absolute atomic E-state index is 11.7. The van der Waals surface area contributed by atoms with E-state index in [2.05, 4.69) is 10.3 Å². The van der Waals surface area contributed by atoms with Gasteiger partial charge >= 0.3 is 0 Å². The Morgan fingerprint density at radius 1 is 1.14 bits per heavy atom. The molecule has 0 aliphatic heterocycles. The molecule has 0 aliphatic carbocycles. The molecule has 2 aromatic carbocycles. The zero-order valence-electron chi connectivity index (χ0n) is 16.2. The first-order chi connectivity index (χ1) is 14.1. The summed E-state index contributed by atoms with van der Waals surface area (Å²) in [6.45, 7) is -0.0112. The van der Waals surface area contributed by atoms with E-state index >= 15 is 0 Å². The number of amides is 1. The number of imidazole rings is 1. The molecule has 0 saturated heterocycles. The third kappa shape index (κ3) is 4.19. The van der Waals surface area contributed by atoms with Gasteiger partial charge in [-0.15, -0.1) is 0 Å². The number of hydrogen-bond donors (Lipinski definition) is 1. The van der Waals surface area contributed by atoms with Crippen LogP contribution in [0, 0.1) is 0 Å². The van der Waals surface area contributed by atoms with E-state index in [-0.39, 0.29) is 12.5 Å². The molecular weight excluding hydrogens is 366 g/mol. The number of likely N-dealkylation sites (N-methyl/N-ethyl adjacent to an activating group) is 1. The number of aromatic nitrogens is 3. The van der Waals surface area contributed by atoms with Gasteiger partial charge in [-0.1, -0.05) is 36.4 Å². The maximum Gasteiger partial charge on any atom is 0.259 e. The molecule has 146 valence electrons. The average Bonchev–Trinajstić information content (AvgIpc) is 3.22. The standard InChI is InChI=1S/C22H21N5O2/c1-26(2)20(28)15-29-18-10-6-9-17(13-18)24-21-22-23-11-12-27(22)14-19(25-21)16-7-4-3-5-8-16/h3-14H,15H2,1-2H3,(H,24,25). The molecule has 7 heteroatoms. The molecule has 0 spiro atoms. The van der Waals surface area contributed by atoms with Crippen molar-refractivity contribution in [1.82, 2.24) is 19.3 Å². The van der Waals surface area contributed by atoms with E-state index in [0.717, 1.165) is 22.6 Å². The van der Waals surface area contributed by atoms with Gasteiger partial charge in [-0.3, -0.25) is 4.79 Å². The lowest BCUT2D eigenvalue weighted by Gasteiger charge is -2.13.